The van der Waals surface area contributed by atoms with Crippen LogP contribution in [-0.2, 0) is 6.42 Å². The first-order chi connectivity index (χ1) is 9.79. The van der Waals surface area contributed by atoms with Crippen LogP contribution in [0.1, 0.15) is 49.9 Å². The number of aliphatic hydroxyl groups is 1. The zero-order valence-electron chi connectivity index (χ0n) is 12.2. The lowest BCUT2D eigenvalue weighted by atomic mass is 9.91. The first kappa shape index (κ1) is 13.7. The summed E-state index contributed by atoms with van der Waals surface area (Å²) < 4.78 is 0. The van der Waals surface area contributed by atoms with Gasteiger partial charge < -0.3 is 15.4 Å². The standard InChI is InChI=1S/C17H24N2O/c1-12(6-5-11-20)18-16-10-4-8-14-13-7-2-3-9-15(13)19-17(14)16/h2-3,7,9,12,16,18-20H,4-6,8,10-11H2,1H3. The fourth-order valence-corrected chi connectivity index (χ4v) is 3.41. The number of aryl methyl sites for hydroxylation is 1. The summed E-state index contributed by atoms with van der Waals surface area (Å²) in [5.41, 5.74) is 4.14. The van der Waals surface area contributed by atoms with Crippen LogP contribution < -0.4 is 5.32 Å². The Morgan fingerprint density at radius 3 is 3.10 bits per heavy atom. The van der Waals surface area contributed by atoms with E-state index in [9.17, 15) is 0 Å². The highest BCUT2D eigenvalue weighted by Crippen LogP contribution is 2.34. The Morgan fingerprint density at radius 1 is 1.40 bits per heavy atom. The minimum atomic E-state index is 0.286. The number of hydrogen-bond donors (Lipinski definition) is 3. The number of aromatic nitrogens is 1. The second-order valence-corrected chi connectivity index (χ2v) is 5.94. The summed E-state index contributed by atoms with van der Waals surface area (Å²) in [6.07, 6.45) is 5.54. The smallest absolute Gasteiger partial charge is 0.0478 e. The van der Waals surface area contributed by atoms with E-state index >= 15 is 0 Å². The van der Waals surface area contributed by atoms with E-state index in [4.69, 9.17) is 5.11 Å². The molecule has 0 bridgehead atoms. The van der Waals surface area contributed by atoms with Gasteiger partial charge in [-0.3, -0.25) is 0 Å². The van der Waals surface area contributed by atoms with Crippen molar-refractivity contribution in [2.75, 3.05) is 6.61 Å². The average molecular weight is 272 g/mol. The Bertz CT molecular complexity index is 575. The van der Waals surface area contributed by atoms with Crippen LogP contribution >= 0.6 is 0 Å². The zero-order chi connectivity index (χ0) is 13.9. The lowest BCUT2D eigenvalue weighted by Gasteiger charge is -2.27. The Kier molecular flexibility index (Phi) is 4.08. The molecule has 1 aliphatic carbocycles. The predicted molar refractivity (Wildman–Crippen MR) is 82.9 cm³/mol. The molecule has 0 fully saturated rings. The molecule has 108 valence electrons. The van der Waals surface area contributed by atoms with Gasteiger partial charge in [-0.05, 0) is 50.7 Å². The number of fused-ring (bicyclic) bond motifs is 3. The van der Waals surface area contributed by atoms with E-state index < -0.39 is 0 Å². The molecular weight excluding hydrogens is 248 g/mol. The van der Waals surface area contributed by atoms with Crippen LogP contribution in [0.2, 0.25) is 0 Å². The van der Waals surface area contributed by atoms with Gasteiger partial charge >= 0.3 is 0 Å². The highest BCUT2D eigenvalue weighted by atomic mass is 16.2. The second-order valence-electron chi connectivity index (χ2n) is 5.94. The Labute approximate surface area is 120 Å². The van der Waals surface area contributed by atoms with Crippen LogP contribution in [0.25, 0.3) is 10.9 Å². The summed E-state index contributed by atoms with van der Waals surface area (Å²) in [7, 11) is 0. The molecule has 3 nitrogen and oxygen atoms in total. The fourth-order valence-electron chi connectivity index (χ4n) is 3.41. The molecule has 3 rings (SSSR count). The van der Waals surface area contributed by atoms with Crippen LogP contribution in [0.4, 0.5) is 0 Å². The third-order valence-corrected chi connectivity index (χ3v) is 4.40. The molecule has 20 heavy (non-hydrogen) atoms. The van der Waals surface area contributed by atoms with Gasteiger partial charge in [-0.2, -0.15) is 0 Å². The number of rotatable bonds is 5. The van der Waals surface area contributed by atoms with Gasteiger partial charge in [-0.25, -0.2) is 0 Å². The summed E-state index contributed by atoms with van der Waals surface area (Å²) in [6, 6.07) is 9.49. The number of aliphatic hydroxyl groups excluding tert-OH is 1. The van der Waals surface area contributed by atoms with Crippen molar-refractivity contribution in [3.05, 3.63) is 35.5 Å². The van der Waals surface area contributed by atoms with Gasteiger partial charge in [-0.1, -0.05) is 18.2 Å². The normalized spacial score (nSPS) is 20.0. The maximum Gasteiger partial charge on any atom is 0.0478 e. The molecule has 3 heteroatoms. The highest BCUT2D eigenvalue weighted by molar-refractivity contribution is 5.85. The largest absolute Gasteiger partial charge is 0.396 e. The third-order valence-electron chi connectivity index (χ3n) is 4.40. The molecular formula is C17H24N2O. The SMILES string of the molecule is CC(CCCO)NC1CCCc2c1[nH]c1ccccc21. The minimum Gasteiger partial charge on any atom is -0.396 e. The predicted octanol–water partition coefficient (Wildman–Crippen LogP) is 3.30. The van der Waals surface area contributed by atoms with E-state index in [1.165, 1.54) is 41.4 Å². The average Bonchev–Trinajstić information content (AvgIpc) is 2.85. The molecule has 2 unspecified atom stereocenters. The molecule has 1 aromatic carbocycles. The summed E-state index contributed by atoms with van der Waals surface area (Å²) >= 11 is 0. The molecule has 0 radical (unpaired) electrons. The number of benzene rings is 1. The Balaban J connectivity index is 1.82. The Hall–Kier alpha value is -1.32. The van der Waals surface area contributed by atoms with Gasteiger partial charge in [0.1, 0.15) is 0 Å². The molecule has 0 saturated heterocycles. The van der Waals surface area contributed by atoms with Crippen LogP contribution in [0.15, 0.2) is 24.3 Å². The van der Waals surface area contributed by atoms with E-state index in [1.54, 1.807) is 0 Å². The van der Waals surface area contributed by atoms with Crippen molar-refractivity contribution in [1.82, 2.24) is 10.3 Å². The van der Waals surface area contributed by atoms with Crippen LogP contribution in [0.3, 0.4) is 0 Å². The highest BCUT2D eigenvalue weighted by Gasteiger charge is 2.24. The zero-order valence-corrected chi connectivity index (χ0v) is 12.2. The van der Waals surface area contributed by atoms with Crippen molar-refractivity contribution in [3.63, 3.8) is 0 Å². The van der Waals surface area contributed by atoms with Gasteiger partial charge in [0, 0.05) is 35.3 Å². The lowest BCUT2D eigenvalue weighted by Crippen LogP contribution is -2.32. The van der Waals surface area contributed by atoms with Gasteiger partial charge in [0.25, 0.3) is 0 Å². The van der Waals surface area contributed by atoms with Crippen molar-refractivity contribution in [2.24, 2.45) is 0 Å². The first-order valence-electron chi connectivity index (χ1n) is 7.76. The molecule has 1 aliphatic rings. The molecule has 0 amide bonds. The van der Waals surface area contributed by atoms with Gasteiger partial charge in [0.05, 0.1) is 0 Å². The van der Waals surface area contributed by atoms with E-state index in [0.29, 0.717) is 12.1 Å². The number of H-pyrrole nitrogens is 1. The monoisotopic (exact) mass is 272 g/mol. The molecule has 1 aromatic heterocycles. The molecule has 1 heterocycles. The minimum absolute atomic E-state index is 0.286. The Morgan fingerprint density at radius 2 is 2.25 bits per heavy atom. The van der Waals surface area contributed by atoms with Crippen molar-refractivity contribution in [1.29, 1.82) is 0 Å². The summed E-state index contributed by atoms with van der Waals surface area (Å²) in [5, 5.41) is 14.1. The number of para-hydroxylation sites is 1. The maximum atomic E-state index is 8.94. The molecule has 0 saturated carbocycles. The lowest BCUT2D eigenvalue weighted by molar-refractivity contribution is 0.271. The second kappa shape index (κ2) is 5.98. The fraction of sp³-hybridized carbons (Fsp3) is 0.529. The van der Waals surface area contributed by atoms with E-state index in [0.717, 1.165) is 12.8 Å². The van der Waals surface area contributed by atoms with E-state index in [1.807, 2.05) is 0 Å². The quantitative estimate of drug-likeness (QED) is 0.782. The molecule has 2 atom stereocenters. The molecule has 2 aromatic rings. The topological polar surface area (TPSA) is 48.0 Å². The molecule has 3 N–H and O–H groups in total. The van der Waals surface area contributed by atoms with Crippen molar-refractivity contribution in [3.8, 4) is 0 Å². The number of nitrogens with one attached hydrogen (secondary N) is 2. The summed E-state index contributed by atoms with van der Waals surface area (Å²) in [5.74, 6) is 0. The molecule has 0 spiro atoms. The summed E-state index contributed by atoms with van der Waals surface area (Å²) in [4.78, 5) is 3.62. The van der Waals surface area contributed by atoms with E-state index in [-0.39, 0.29) is 6.61 Å². The van der Waals surface area contributed by atoms with Gasteiger partial charge in [0.2, 0.25) is 0 Å². The van der Waals surface area contributed by atoms with Crippen molar-refractivity contribution in [2.45, 2.75) is 51.1 Å². The van der Waals surface area contributed by atoms with Crippen molar-refractivity contribution >= 4 is 10.9 Å². The number of aromatic amines is 1. The molecule has 0 aliphatic heterocycles. The summed E-state index contributed by atoms with van der Waals surface area (Å²) in [6.45, 7) is 2.50. The van der Waals surface area contributed by atoms with Crippen LogP contribution in [0, 0.1) is 0 Å². The number of hydrogen-bond acceptors (Lipinski definition) is 2. The van der Waals surface area contributed by atoms with Gasteiger partial charge in [-0.15, -0.1) is 0 Å². The van der Waals surface area contributed by atoms with E-state index in [2.05, 4.69) is 41.5 Å². The van der Waals surface area contributed by atoms with Gasteiger partial charge in [0.15, 0.2) is 0 Å². The van der Waals surface area contributed by atoms with Crippen LogP contribution in [-0.4, -0.2) is 22.7 Å². The first-order valence-corrected chi connectivity index (χ1v) is 7.76. The van der Waals surface area contributed by atoms with Crippen LogP contribution in [0.5, 0.6) is 0 Å². The third kappa shape index (κ3) is 2.60. The maximum absolute atomic E-state index is 8.94. The van der Waals surface area contributed by atoms with Crippen molar-refractivity contribution < 1.29 is 5.11 Å².